The highest BCUT2D eigenvalue weighted by Gasteiger charge is 2.15. The number of ether oxygens (including phenoxy) is 4. The molecule has 0 saturated heterocycles. The van der Waals surface area contributed by atoms with Crippen molar-refractivity contribution in [2.75, 3.05) is 27.4 Å². The SMILES string of the molecule is COC(C)CCOC(=O)CC(C)CC(=O)OCCC(C)OC. The molecule has 0 aromatic carbocycles. The third-order valence-corrected chi connectivity index (χ3v) is 3.41. The zero-order valence-electron chi connectivity index (χ0n) is 14.4. The van der Waals surface area contributed by atoms with E-state index in [9.17, 15) is 9.59 Å². The molecule has 0 bridgehead atoms. The largest absolute Gasteiger partial charge is 0.466 e. The van der Waals surface area contributed by atoms with Crippen LogP contribution in [0, 0.1) is 5.92 Å². The first kappa shape index (κ1) is 20.9. The minimum Gasteiger partial charge on any atom is -0.466 e. The Morgan fingerprint density at radius 3 is 1.45 bits per heavy atom. The molecule has 0 aromatic heterocycles. The first-order valence-corrected chi connectivity index (χ1v) is 7.75. The number of carbonyl (C=O) groups is 2. The molecule has 0 aromatic rings. The van der Waals surface area contributed by atoms with E-state index in [4.69, 9.17) is 18.9 Å². The molecule has 130 valence electrons. The fourth-order valence-electron chi connectivity index (χ4n) is 1.67. The van der Waals surface area contributed by atoms with Crippen molar-refractivity contribution >= 4 is 11.9 Å². The second-order valence-corrected chi connectivity index (χ2v) is 5.62. The molecule has 0 aliphatic carbocycles. The average Bonchev–Trinajstić information content (AvgIpc) is 2.46. The summed E-state index contributed by atoms with van der Waals surface area (Å²) >= 11 is 0. The van der Waals surface area contributed by atoms with Crippen molar-refractivity contribution in [2.45, 2.75) is 58.7 Å². The normalized spacial score (nSPS) is 15.0. The topological polar surface area (TPSA) is 71.1 Å². The summed E-state index contributed by atoms with van der Waals surface area (Å²) in [4.78, 5) is 23.2. The van der Waals surface area contributed by atoms with Gasteiger partial charge in [0, 0.05) is 39.9 Å². The fourth-order valence-corrected chi connectivity index (χ4v) is 1.67. The molecule has 0 N–H and O–H groups in total. The van der Waals surface area contributed by atoms with Gasteiger partial charge < -0.3 is 18.9 Å². The highest BCUT2D eigenvalue weighted by Crippen LogP contribution is 2.10. The van der Waals surface area contributed by atoms with Crippen LogP contribution in [-0.4, -0.2) is 51.6 Å². The van der Waals surface area contributed by atoms with Gasteiger partial charge in [0.25, 0.3) is 0 Å². The van der Waals surface area contributed by atoms with Gasteiger partial charge in [-0.15, -0.1) is 0 Å². The van der Waals surface area contributed by atoms with Gasteiger partial charge in [0.05, 0.1) is 25.4 Å². The van der Waals surface area contributed by atoms with Gasteiger partial charge >= 0.3 is 11.9 Å². The van der Waals surface area contributed by atoms with Crippen LogP contribution in [0.4, 0.5) is 0 Å². The molecule has 0 radical (unpaired) electrons. The molecule has 2 unspecified atom stereocenters. The van der Waals surface area contributed by atoms with E-state index in [-0.39, 0.29) is 42.9 Å². The van der Waals surface area contributed by atoms with E-state index in [0.717, 1.165) is 0 Å². The van der Waals surface area contributed by atoms with Crippen LogP contribution < -0.4 is 0 Å². The minimum absolute atomic E-state index is 0.0645. The Balaban J connectivity index is 3.75. The van der Waals surface area contributed by atoms with Crippen molar-refractivity contribution in [1.82, 2.24) is 0 Å². The molecule has 22 heavy (non-hydrogen) atoms. The summed E-state index contributed by atoms with van der Waals surface area (Å²) < 4.78 is 20.3. The van der Waals surface area contributed by atoms with Crippen molar-refractivity contribution in [2.24, 2.45) is 5.92 Å². The van der Waals surface area contributed by atoms with E-state index < -0.39 is 0 Å². The first-order valence-electron chi connectivity index (χ1n) is 7.75. The molecule has 0 amide bonds. The van der Waals surface area contributed by atoms with E-state index in [1.165, 1.54) is 0 Å². The molecular weight excluding hydrogens is 288 g/mol. The highest BCUT2D eigenvalue weighted by molar-refractivity contribution is 5.73. The third kappa shape index (κ3) is 11.5. The second kappa shape index (κ2) is 12.4. The predicted molar refractivity (Wildman–Crippen MR) is 82.5 cm³/mol. The van der Waals surface area contributed by atoms with E-state index in [2.05, 4.69) is 0 Å². The Labute approximate surface area is 133 Å². The highest BCUT2D eigenvalue weighted by atomic mass is 16.5. The first-order chi connectivity index (χ1) is 10.4. The average molecular weight is 318 g/mol. The Bertz CT molecular complexity index is 288. The molecule has 6 heteroatoms. The number of esters is 2. The molecular formula is C16H30O6. The number of hydrogen-bond donors (Lipinski definition) is 0. The van der Waals surface area contributed by atoms with Gasteiger partial charge in [0.15, 0.2) is 0 Å². The van der Waals surface area contributed by atoms with Crippen LogP contribution in [0.15, 0.2) is 0 Å². The lowest BCUT2D eigenvalue weighted by atomic mass is 10.0. The lowest BCUT2D eigenvalue weighted by molar-refractivity contribution is -0.147. The minimum atomic E-state index is -0.295. The summed E-state index contributed by atoms with van der Waals surface area (Å²) in [6, 6.07) is 0. The Hall–Kier alpha value is -1.14. The lowest BCUT2D eigenvalue weighted by Crippen LogP contribution is -2.18. The van der Waals surface area contributed by atoms with Gasteiger partial charge in [-0.1, -0.05) is 6.92 Å². The Kier molecular flexibility index (Phi) is 11.8. The maximum absolute atomic E-state index is 11.6. The van der Waals surface area contributed by atoms with E-state index in [0.29, 0.717) is 26.1 Å². The number of methoxy groups -OCH3 is 2. The molecule has 0 spiro atoms. The summed E-state index contributed by atoms with van der Waals surface area (Å²) in [6.07, 6.45) is 1.88. The molecule has 0 fully saturated rings. The quantitative estimate of drug-likeness (QED) is 0.514. The van der Waals surface area contributed by atoms with Crippen LogP contribution in [0.5, 0.6) is 0 Å². The van der Waals surface area contributed by atoms with Crippen molar-refractivity contribution in [1.29, 1.82) is 0 Å². The molecule has 0 heterocycles. The van der Waals surface area contributed by atoms with Crippen LogP contribution in [0.1, 0.15) is 46.5 Å². The van der Waals surface area contributed by atoms with Gasteiger partial charge in [-0.05, 0) is 19.8 Å². The smallest absolute Gasteiger partial charge is 0.306 e. The van der Waals surface area contributed by atoms with Crippen LogP contribution >= 0.6 is 0 Å². The standard InChI is InChI=1S/C16H30O6/c1-12(10-15(17)21-8-6-13(2)19-4)11-16(18)22-9-7-14(3)20-5/h12-14H,6-11H2,1-5H3. The molecule has 0 saturated carbocycles. The van der Waals surface area contributed by atoms with Gasteiger partial charge in [-0.3, -0.25) is 9.59 Å². The predicted octanol–water partition coefficient (Wildman–Crippen LogP) is 2.34. The van der Waals surface area contributed by atoms with Crippen molar-refractivity contribution in [3.63, 3.8) is 0 Å². The Morgan fingerprint density at radius 2 is 1.14 bits per heavy atom. The monoisotopic (exact) mass is 318 g/mol. The zero-order chi connectivity index (χ0) is 17.0. The van der Waals surface area contributed by atoms with Crippen molar-refractivity contribution in [3.8, 4) is 0 Å². The molecule has 6 nitrogen and oxygen atoms in total. The number of hydrogen-bond acceptors (Lipinski definition) is 6. The van der Waals surface area contributed by atoms with Crippen LogP contribution in [0.3, 0.4) is 0 Å². The van der Waals surface area contributed by atoms with Gasteiger partial charge in [0.2, 0.25) is 0 Å². The zero-order valence-corrected chi connectivity index (χ0v) is 14.4. The molecule has 2 atom stereocenters. The van der Waals surface area contributed by atoms with E-state index >= 15 is 0 Å². The molecule has 0 rings (SSSR count). The lowest BCUT2D eigenvalue weighted by Gasteiger charge is -2.13. The fraction of sp³-hybridized carbons (Fsp3) is 0.875. The van der Waals surface area contributed by atoms with Crippen LogP contribution in [0.2, 0.25) is 0 Å². The van der Waals surface area contributed by atoms with E-state index in [1.54, 1.807) is 14.2 Å². The maximum Gasteiger partial charge on any atom is 0.306 e. The van der Waals surface area contributed by atoms with E-state index in [1.807, 2.05) is 20.8 Å². The van der Waals surface area contributed by atoms with Crippen LogP contribution in [-0.2, 0) is 28.5 Å². The molecule has 0 aliphatic rings. The number of rotatable bonds is 12. The van der Waals surface area contributed by atoms with Crippen molar-refractivity contribution in [3.05, 3.63) is 0 Å². The Morgan fingerprint density at radius 1 is 0.773 bits per heavy atom. The summed E-state index contributed by atoms with van der Waals surface area (Å²) in [6.45, 7) is 6.33. The third-order valence-electron chi connectivity index (χ3n) is 3.41. The number of carbonyl (C=O) groups excluding carboxylic acids is 2. The van der Waals surface area contributed by atoms with Gasteiger partial charge in [0.1, 0.15) is 0 Å². The van der Waals surface area contributed by atoms with Crippen molar-refractivity contribution < 1.29 is 28.5 Å². The van der Waals surface area contributed by atoms with Gasteiger partial charge in [-0.25, -0.2) is 0 Å². The summed E-state index contributed by atoms with van der Waals surface area (Å²) in [5.41, 5.74) is 0. The van der Waals surface area contributed by atoms with Gasteiger partial charge in [-0.2, -0.15) is 0 Å². The molecule has 0 aliphatic heterocycles. The van der Waals surface area contributed by atoms with Crippen LogP contribution in [0.25, 0.3) is 0 Å². The maximum atomic E-state index is 11.6. The summed E-state index contributed by atoms with van der Waals surface area (Å²) in [5, 5.41) is 0. The summed E-state index contributed by atoms with van der Waals surface area (Å²) in [7, 11) is 3.24. The summed E-state index contributed by atoms with van der Waals surface area (Å²) in [5.74, 6) is -0.687. The second-order valence-electron chi connectivity index (χ2n) is 5.62.